The summed E-state index contributed by atoms with van der Waals surface area (Å²) < 4.78 is 10.8. The van der Waals surface area contributed by atoms with Gasteiger partial charge >= 0.3 is 5.97 Å². The molecule has 4 rings (SSSR count). The summed E-state index contributed by atoms with van der Waals surface area (Å²) >= 11 is 0. The van der Waals surface area contributed by atoms with Gasteiger partial charge in [-0.25, -0.2) is 4.99 Å². The molecule has 206 valence electrons. The number of aryl methyl sites for hydroxylation is 1. The van der Waals surface area contributed by atoms with E-state index < -0.39 is 0 Å². The van der Waals surface area contributed by atoms with Gasteiger partial charge in [0.1, 0.15) is 11.6 Å². The van der Waals surface area contributed by atoms with Gasteiger partial charge in [0.05, 0.1) is 25.3 Å². The van der Waals surface area contributed by atoms with Crippen molar-refractivity contribution in [1.82, 2.24) is 0 Å². The molecule has 38 heavy (non-hydrogen) atoms. The maximum Gasteiger partial charge on any atom is 0.309 e. The molecule has 4 atom stereocenters. The summed E-state index contributed by atoms with van der Waals surface area (Å²) in [6.07, 6.45) is 6.30. The summed E-state index contributed by atoms with van der Waals surface area (Å²) in [5.41, 5.74) is 5.50. The zero-order valence-electron chi connectivity index (χ0n) is 24.3. The van der Waals surface area contributed by atoms with Gasteiger partial charge in [-0.05, 0) is 117 Å². The summed E-state index contributed by atoms with van der Waals surface area (Å²) in [5, 5.41) is 3.60. The number of aliphatic imine (C=N–C) groups is 1. The molecule has 1 heterocycles. The van der Waals surface area contributed by atoms with Gasteiger partial charge in [-0.15, -0.1) is 0 Å². The number of methoxy groups -OCH3 is 1. The number of carbonyl (C=O) groups excluding carboxylic acids is 1. The number of ether oxygens (including phenoxy) is 2. The Kier molecular flexibility index (Phi) is 9.17. The van der Waals surface area contributed by atoms with Crippen LogP contribution in [-0.4, -0.2) is 25.0 Å². The second-order valence-electron chi connectivity index (χ2n) is 12.1. The fourth-order valence-corrected chi connectivity index (χ4v) is 6.55. The molecular weight excluding hydrogens is 472 g/mol. The Labute approximate surface area is 229 Å². The van der Waals surface area contributed by atoms with Crippen LogP contribution in [0.5, 0.6) is 5.75 Å². The Balaban J connectivity index is 1.69. The second kappa shape index (κ2) is 12.4. The third kappa shape index (κ3) is 6.78. The van der Waals surface area contributed by atoms with Gasteiger partial charge < -0.3 is 14.8 Å². The Bertz CT molecular complexity index is 1140. The van der Waals surface area contributed by atoms with E-state index in [1.807, 2.05) is 26.0 Å². The zero-order valence-corrected chi connectivity index (χ0v) is 24.3. The summed E-state index contributed by atoms with van der Waals surface area (Å²) in [5.74, 6) is 4.88. The quantitative estimate of drug-likeness (QED) is 0.375. The lowest BCUT2D eigenvalue weighted by atomic mass is 9.63. The predicted molar refractivity (Wildman–Crippen MR) is 157 cm³/mol. The molecule has 1 aliphatic carbocycles. The molecule has 2 aromatic carbocycles. The van der Waals surface area contributed by atoms with Crippen molar-refractivity contribution in [3.8, 4) is 5.75 Å². The molecule has 0 radical (unpaired) electrons. The van der Waals surface area contributed by atoms with Crippen LogP contribution in [0.2, 0.25) is 0 Å². The van der Waals surface area contributed by atoms with Gasteiger partial charge in [-0.1, -0.05) is 33.3 Å². The molecule has 0 aromatic heterocycles. The van der Waals surface area contributed by atoms with Gasteiger partial charge in [0.25, 0.3) is 0 Å². The van der Waals surface area contributed by atoms with E-state index in [2.05, 4.69) is 57.3 Å². The normalized spacial score (nSPS) is 23.4. The minimum Gasteiger partial charge on any atom is -0.491 e. The SMILES string of the molecule is COC(=O)Cc1cc2c(cc1C)[C@@H](C1C[C@H](C)CC[C@H]1C(C)C)CCC(Nc1ccc(OC(C)C)cc1)=N2. The molecule has 1 unspecified atom stereocenters. The highest BCUT2D eigenvalue weighted by molar-refractivity contribution is 5.98. The van der Waals surface area contributed by atoms with Gasteiger partial charge in [0, 0.05) is 12.1 Å². The Hall–Kier alpha value is -2.82. The third-order valence-corrected chi connectivity index (χ3v) is 8.50. The highest BCUT2D eigenvalue weighted by atomic mass is 16.5. The van der Waals surface area contributed by atoms with Crippen molar-refractivity contribution in [2.45, 2.75) is 92.1 Å². The summed E-state index contributed by atoms with van der Waals surface area (Å²) in [4.78, 5) is 17.4. The predicted octanol–water partition coefficient (Wildman–Crippen LogP) is 8.23. The van der Waals surface area contributed by atoms with Crippen LogP contribution in [0.15, 0.2) is 41.4 Å². The van der Waals surface area contributed by atoms with E-state index >= 15 is 0 Å². The van der Waals surface area contributed by atoms with Crippen LogP contribution in [0.3, 0.4) is 0 Å². The number of carbonyl (C=O) groups is 1. The largest absolute Gasteiger partial charge is 0.491 e. The van der Waals surface area contributed by atoms with Gasteiger partial charge in [-0.2, -0.15) is 0 Å². The molecule has 1 aliphatic heterocycles. The number of esters is 1. The number of hydrogen-bond donors (Lipinski definition) is 1. The number of benzene rings is 2. The number of nitrogens with zero attached hydrogens (tertiary/aromatic N) is 1. The van der Waals surface area contributed by atoms with Crippen molar-refractivity contribution in [3.05, 3.63) is 53.1 Å². The van der Waals surface area contributed by atoms with Crippen molar-refractivity contribution in [2.75, 3.05) is 12.4 Å². The average molecular weight is 519 g/mol. The van der Waals surface area contributed by atoms with Crippen LogP contribution >= 0.6 is 0 Å². The van der Waals surface area contributed by atoms with Crippen molar-refractivity contribution >= 4 is 23.2 Å². The molecule has 1 saturated carbocycles. The smallest absolute Gasteiger partial charge is 0.309 e. The molecular formula is C33H46N2O3. The van der Waals surface area contributed by atoms with Crippen molar-refractivity contribution in [2.24, 2.45) is 28.7 Å². The average Bonchev–Trinajstić information content (AvgIpc) is 3.03. The van der Waals surface area contributed by atoms with Gasteiger partial charge in [0.15, 0.2) is 0 Å². The van der Waals surface area contributed by atoms with Crippen molar-refractivity contribution < 1.29 is 14.3 Å². The van der Waals surface area contributed by atoms with Crippen LogP contribution in [-0.2, 0) is 16.0 Å². The van der Waals surface area contributed by atoms with Crippen LogP contribution in [0.25, 0.3) is 0 Å². The molecule has 1 N–H and O–H groups in total. The zero-order chi connectivity index (χ0) is 27.4. The first-order valence-electron chi connectivity index (χ1n) is 14.5. The number of rotatable bonds is 7. The topological polar surface area (TPSA) is 59.9 Å². The Morgan fingerprint density at radius 3 is 2.47 bits per heavy atom. The van der Waals surface area contributed by atoms with E-state index in [1.165, 1.54) is 31.9 Å². The summed E-state index contributed by atoms with van der Waals surface area (Å²) in [6.45, 7) is 13.4. The number of fused-ring (bicyclic) bond motifs is 1. The van der Waals surface area contributed by atoms with E-state index in [-0.39, 0.29) is 18.5 Å². The van der Waals surface area contributed by atoms with Crippen LogP contribution in [0, 0.1) is 30.6 Å². The van der Waals surface area contributed by atoms with Gasteiger partial charge in [0.2, 0.25) is 0 Å². The molecule has 0 saturated heterocycles. The molecule has 0 bridgehead atoms. The summed E-state index contributed by atoms with van der Waals surface area (Å²) in [6, 6.07) is 12.6. The number of anilines is 1. The van der Waals surface area contributed by atoms with E-state index in [0.29, 0.717) is 17.8 Å². The molecule has 0 spiro atoms. The minimum absolute atomic E-state index is 0.147. The molecule has 5 heteroatoms. The number of nitrogens with one attached hydrogen (secondary N) is 1. The van der Waals surface area contributed by atoms with E-state index in [0.717, 1.165) is 58.8 Å². The Morgan fingerprint density at radius 2 is 1.82 bits per heavy atom. The number of amidine groups is 1. The number of hydrogen-bond acceptors (Lipinski definition) is 5. The third-order valence-electron chi connectivity index (χ3n) is 8.50. The monoisotopic (exact) mass is 518 g/mol. The lowest BCUT2D eigenvalue weighted by Gasteiger charge is -2.42. The van der Waals surface area contributed by atoms with Crippen molar-refractivity contribution in [3.63, 3.8) is 0 Å². The fourth-order valence-electron chi connectivity index (χ4n) is 6.55. The maximum atomic E-state index is 12.2. The van der Waals surface area contributed by atoms with Crippen LogP contribution in [0.4, 0.5) is 11.4 Å². The van der Waals surface area contributed by atoms with Gasteiger partial charge in [-0.3, -0.25) is 4.79 Å². The maximum absolute atomic E-state index is 12.2. The van der Waals surface area contributed by atoms with Crippen LogP contribution in [0.1, 0.15) is 89.3 Å². The molecule has 0 amide bonds. The first-order chi connectivity index (χ1) is 18.1. The minimum atomic E-state index is -0.217. The molecule has 2 aromatic rings. The molecule has 1 fully saturated rings. The molecule has 2 aliphatic rings. The van der Waals surface area contributed by atoms with Crippen molar-refractivity contribution in [1.29, 1.82) is 0 Å². The van der Waals surface area contributed by atoms with E-state index in [1.54, 1.807) is 0 Å². The standard InChI is InChI=1S/C33H46N2O3/c1-20(2)27-13-8-22(5)16-29(27)28-14-15-32(34-25-9-11-26(12-10-25)38-21(3)4)35-31-18-24(19-33(36)37-7)23(6)17-30(28)31/h9-12,17-18,20-22,27-29H,8,13-16,19H2,1-7H3,(H,34,35)/t22-,27+,28-,29?/m1/s1. The first-order valence-corrected chi connectivity index (χ1v) is 14.5. The highest BCUT2D eigenvalue weighted by Gasteiger charge is 2.38. The Morgan fingerprint density at radius 1 is 1.08 bits per heavy atom. The summed E-state index contributed by atoms with van der Waals surface area (Å²) in [7, 11) is 1.45. The first kappa shape index (κ1) is 28.2. The highest BCUT2D eigenvalue weighted by Crippen LogP contribution is 2.50. The van der Waals surface area contributed by atoms with Crippen LogP contribution < -0.4 is 10.1 Å². The van der Waals surface area contributed by atoms with E-state index in [9.17, 15) is 4.79 Å². The lowest BCUT2D eigenvalue weighted by Crippen LogP contribution is -2.32. The van der Waals surface area contributed by atoms with E-state index in [4.69, 9.17) is 14.5 Å². The lowest BCUT2D eigenvalue weighted by molar-refractivity contribution is -0.139. The second-order valence-corrected chi connectivity index (χ2v) is 12.1. The molecule has 5 nitrogen and oxygen atoms in total. The fraction of sp³-hybridized carbons (Fsp3) is 0.576.